The molecule has 1 heterocycles. The van der Waals surface area contributed by atoms with Crippen molar-refractivity contribution < 1.29 is 9.31 Å². The minimum Gasteiger partial charge on any atom is -0.399 e. The van der Waals surface area contributed by atoms with E-state index < -0.39 is 0 Å². The van der Waals surface area contributed by atoms with E-state index in [1.54, 1.807) is 0 Å². The molecule has 1 fully saturated rings. The minimum absolute atomic E-state index is 0.325. The van der Waals surface area contributed by atoms with Crippen molar-refractivity contribution in [3.63, 3.8) is 0 Å². The normalized spacial score (nSPS) is 18.8. The third kappa shape index (κ3) is 4.63. The average Bonchev–Trinajstić information content (AvgIpc) is 2.91. The first-order chi connectivity index (χ1) is 13.6. The molecule has 0 spiro atoms. The molecule has 0 radical (unpaired) electrons. The van der Waals surface area contributed by atoms with Gasteiger partial charge in [0, 0.05) is 0 Å². The fourth-order valence-corrected chi connectivity index (χ4v) is 3.22. The Bertz CT molecular complexity index is 916. The highest BCUT2D eigenvalue weighted by atomic mass is 16.7. The average molecular weight is 386 g/mol. The first-order valence-electron chi connectivity index (χ1n) is 10.2. The van der Waals surface area contributed by atoms with E-state index in [2.05, 4.69) is 109 Å². The largest absolute Gasteiger partial charge is 0.494 e. The van der Waals surface area contributed by atoms with Gasteiger partial charge < -0.3 is 9.31 Å². The monoisotopic (exact) mass is 386 g/mol. The van der Waals surface area contributed by atoms with Crippen molar-refractivity contribution in [1.82, 2.24) is 0 Å². The maximum Gasteiger partial charge on any atom is 0.494 e. The molecule has 150 valence electrons. The van der Waals surface area contributed by atoms with E-state index in [1.165, 1.54) is 22.3 Å². The van der Waals surface area contributed by atoms with E-state index in [0.29, 0.717) is 0 Å². The predicted molar refractivity (Wildman–Crippen MR) is 125 cm³/mol. The van der Waals surface area contributed by atoms with E-state index >= 15 is 0 Å². The molecule has 2 aromatic rings. The van der Waals surface area contributed by atoms with Gasteiger partial charge in [-0.15, -0.1) is 0 Å². The van der Waals surface area contributed by atoms with E-state index in [-0.39, 0.29) is 18.3 Å². The zero-order valence-electron chi connectivity index (χ0n) is 18.5. The Hall–Kier alpha value is -2.36. The van der Waals surface area contributed by atoms with Crippen LogP contribution in [0.1, 0.15) is 51.3 Å². The Morgan fingerprint density at radius 2 is 1.34 bits per heavy atom. The smallest absolute Gasteiger partial charge is 0.399 e. The van der Waals surface area contributed by atoms with Gasteiger partial charge in [0.05, 0.1) is 11.2 Å². The van der Waals surface area contributed by atoms with Gasteiger partial charge in [0.1, 0.15) is 0 Å². The molecule has 1 aliphatic heterocycles. The van der Waals surface area contributed by atoms with Crippen molar-refractivity contribution in [2.24, 2.45) is 0 Å². The fourth-order valence-electron chi connectivity index (χ4n) is 3.22. The number of aryl methyl sites for hydroxylation is 1. The molecule has 2 aromatic carbocycles. The number of rotatable bonds is 5. The summed E-state index contributed by atoms with van der Waals surface area (Å²) in [7, 11) is -0.327. The maximum atomic E-state index is 6.14. The zero-order valence-corrected chi connectivity index (χ0v) is 18.5. The Kier molecular flexibility index (Phi) is 6.02. The number of hydrogen-bond donors (Lipinski definition) is 0. The molecule has 0 saturated carbocycles. The van der Waals surface area contributed by atoms with Crippen molar-refractivity contribution in [3.8, 4) is 0 Å². The molecule has 0 aliphatic carbocycles. The van der Waals surface area contributed by atoms with Crippen LogP contribution < -0.4 is 5.46 Å². The van der Waals surface area contributed by atoms with Crippen LogP contribution in [0.5, 0.6) is 0 Å². The molecule has 3 rings (SSSR count). The number of hydrogen-bond acceptors (Lipinski definition) is 2. The van der Waals surface area contributed by atoms with Crippen molar-refractivity contribution in [2.75, 3.05) is 0 Å². The summed E-state index contributed by atoms with van der Waals surface area (Å²) in [5.41, 5.74) is 6.30. The van der Waals surface area contributed by atoms with Crippen LogP contribution in [-0.4, -0.2) is 18.3 Å². The van der Waals surface area contributed by atoms with E-state index in [1.807, 2.05) is 6.08 Å². The molecular formula is C26H31BO2. The highest BCUT2D eigenvalue weighted by Crippen LogP contribution is 2.36. The molecular weight excluding hydrogens is 355 g/mol. The van der Waals surface area contributed by atoms with Crippen LogP contribution in [0.3, 0.4) is 0 Å². The van der Waals surface area contributed by atoms with E-state index in [9.17, 15) is 0 Å². The van der Waals surface area contributed by atoms with Crippen molar-refractivity contribution in [3.05, 3.63) is 90.0 Å². The highest BCUT2D eigenvalue weighted by Gasteiger charge is 2.51. The van der Waals surface area contributed by atoms with Gasteiger partial charge in [-0.2, -0.15) is 0 Å². The lowest BCUT2D eigenvalue weighted by Gasteiger charge is -2.32. The fraction of sp³-hybridized carbons (Fsp3) is 0.308. The molecule has 3 heteroatoms. The third-order valence-corrected chi connectivity index (χ3v) is 6.01. The van der Waals surface area contributed by atoms with Crippen LogP contribution in [0.4, 0.5) is 0 Å². The van der Waals surface area contributed by atoms with Crippen LogP contribution in [0.2, 0.25) is 0 Å². The van der Waals surface area contributed by atoms with Crippen molar-refractivity contribution in [2.45, 2.75) is 52.7 Å². The Labute approximate surface area is 176 Å². The highest BCUT2D eigenvalue weighted by molar-refractivity contribution is 6.62. The second-order valence-electron chi connectivity index (χ2n) is 8.75. The van der Waals surface area contributed by atoms with Crippen molar-refractivity contribution >= 4 is 23.7 Å². The second-order valence-corrected chi connectivity index (χ2v) is 8.75. The van der Waals surface area contributed by atoms with Gasteiger partial charge >= 0.3 is 7.12 Å². The molecule has 1 saturated heterocycles. The first kappa shape index (κ1) is 21.4. The topological polar surface area (TPSA) is 18.5 Å². The molecule has 0 amide bonds. The summed E-state index contributed by atoms with van der Waals surface area (Å²) in [4.78, 5) is 0. The molecule has 0 N–H and O–H groups in total. The van der Waals surface area contributed by atoms with Gasteiger partial charge in [-0.1, -0.05) is 78.9 Å². The summed E-state index contributed by atoms with van der Waals surface area (Å²) in [5.74, 6) is 0. The van der Waals surface area contributed by atoms with Gasteiger partial charge in [0.2, 0.25) is 0 Å². The summed E-state index contributed by atoms with van der Waals surface area (Å²) in [5, 5.41) is 0. The number of benzene rings is 2. The van der Waals surface area contributed by atoms with Gasteiger partial charge in [0.25, 0.3) is 0 Å². The van der Waals surface area contributed by atoms with E-state index in [0.717, 1.165) is 11.0 Å². The Balaban J connectivity index is 1.77. The summed E-state index contributed by atoms with van der Waals surface area (Å²) >= 11 is 0. The van der Waals surface area contributed by atoms with Gasteiger partial charge in [-0.05, 0) is 69.3 Å². The molecule has 0 aromatic heterocycles. The van der Waals surface area contributed by atoms with Crippen LogP contribution >= 0.6 is 0 Å². The van der Waals surface area contributed by atoms with Crippen LogP contribution in [-0.2, 0) is 9.31 Å². The second kappa shape index (κ2) is 8.18. The lowest BCUT2D eigenvalue weighted by molar-refractivity contribution is 0.00578. The van der Waals surface area contributed by atoms with Crippen LogP contribution in [0.25, 0.3) is 11.1 Å². The maximum absolute atomic E-state index is 6.14. The zero-order chi connectivity index (χ0) is 21.2. The molecule has 2 nitrogen and oxygen atoms in total. The quantitative estimate of drug-likeness (QED) is 0.466. The Morgan fingerprint density at radius 3 is 1.86 bits per heavy atom. The minimum atomic E-state index is -0.327. The standard InChI is InChI=1S/C26H31BO2/c1-8-21(23-12-9-19(2)10-13-23)14-11-20(3)22-15-17-24(18-16-22)27-28-25(4,5)26(6,7)29-27/h8-18H,1H2,2-7H3/b20-11+,21-14+. The summed E-state index contributed by atoms with van der Waals surface area (Å²) < 4.78 is 12.3. The van der Waals surface area contributed by atoms with Crippen molar-refractivity contribution in [1.29, 1.82) is 0 Å². The van der Waals surface area contributed by atoms with Crippen LogP contribution in [0, 0.1) is 6.92 Å². The molecule has 0 unspecified atom stereocenters. The van der Waals surface area contributed by atoms with E-state index in [4.69, 9.17) is 9.31 Å². The summed E-state index contributed by atoms with van der Waals surface area (Å²) in [6.45, 7) is 16.5. The first-order valence-corrected chi connectivity index (χ1v) is 10.2. The summed E-state index contributed by atoms with van der Waals surface area (Å²) in [6.07, 6.45) is 6.16. The molecule has 0 atom stereocenters. The predicted octanol–water partition coefficient (Wildman–Crippen LogP) is 5.97. The lowest BCUT2D eigenvalue weighted by atomic mass is 9.78. The lowest BCUT2D eigenvalue weighted by Crippen LogP contribution is -2.41. The third-order valence-electron chi connectivity index (χ3n) is 6.01. The molecule has 1 aliphatic rings. The molecule has 0 bridgehead atoms. The Morgan fingerprint density at radius 1 is 0.828 bits per heavy atom. The number of allylic oxidation sites excluding steroid dienone is 5. The SMILES string of the molecule is C=C/C(=C\C=C(/C)c1ccc(B2OC(C)(C)C(C)(C)O2)cc1)c1ccc(C)cc1. The summed E-state index contributed by atoms with van der Waals surface area (Å²) in [6, 6.07) is 16.9. The molecule has 29 heavy (non-hydrogen) atoms. The van der Waals surface area contributed by atoms with Gasteiger partial charge in [0.15, 0.2) is 0 Å². The van der Waals surface area contributed by atoms with Crippen LogP contribution in [0.15, 0.2) is 73.3 Å². The van der Waals surface area contributed by atoms with Gasteiger partial charge in [-0.25, -0.2) is 0 Å². The van der Waals surface area contributed by atoms with Gasteiger partial charge in [-0.3, -0.25) is 0 Å².